The topological polar surface area (TPSA) is 32.7 Å². The monoisotopic (exact) mass is 213 g/mol. The number of ether oxygens (including phenoxy) is 1. The van der Waals surface area contributed by atoms with Crippen LogP contribution in [0.2, 0.25) is 0 Å². The molecule has 3 heteroatoms. The minimum Gasteiger partial charge on any atom is -0.393 e. The highest BCUT2D eigenvalue weighted by Gasteiger charge is 2.28. The Kier molecular flexibility index (Phi) is 4.00. The van der Waals surface area contributed by atoms with Crippen LogP contribution in [0.3, 0.4) is 0 Å². The number of aliphatic hydroxyl groups is 1. The van der Waals surface area contributed by atoms with Crippen molar-refractivity contribution < 1.29 is 9.84 Å². The molecule has 1 N–H and O–H groups in total. The van der Waals surface area contributed by atoms with Crippen molar-refractivity contribution in [3.8, 4) is 0 Å². The third-order valence-corrected chi connectivity index (χ3v) is 3.81. The summed E-state index contributed by atoms with van der Waals surface area (Å²) >= 11 is 0. The highest BCUT2D eigenvalue weighted by Crippen LogP contribution is 2.24. The van der Waals surface area contributed by atoms with Crippen LogP contribution in [0.1, 0.15) is 39.0 Å². The molecule has 1 heterocycles. The van der Waals surface area contributed by atoms with Crippen molar-refractivity contribution in [1.82, 2.24) is 4.90 Å². The second-order valence-electron chi connectivity index (χ2n) is 4.86. The Morgan fingerprint density at radius 3 is 2.67 bits per heavy atom. The van der Waals surface area contributed by atoms with Crippen LogP contribution >= 0.6 is 0 Å². The first kappa shape index (κ1) is 11.4. The molecule has 1 aliphatic carbocycles. The molecule has 0 aromatic heterocycles. The summed E-state index contributed by atoms with van der Waals surface area (Å²) in [5.41, 5.74) is 0. The van der Waals surface area contributed by atoms with E-state index in [9.17, 15) is 5.11 Å². The first-order valence-corrected chi connectivity index (χ1v) is 6.33. The molecule has 1 atom stereocenters. The molecular formula is C12H23NO2. The first-order chi connectivity index (χ1) is 7.29. The Balaban J connectivity index is 1.82. The summed E-state index contributed by atoms with van der Waals surface area (Å²) in [6.45, 7) is 5.25. The summed E-state index contributed by atoms with van der Waals surface area (Å²) in [6.07, 6.45) is 5.81. The Morgan fingerprint density at radius 2 is 2.00 bits per heavy atom. The van der Waals surface area contributed by atoms with Gasteiger partial charge in [0.15, 0.2) is 0 Å². The maximum atomic E-state index is 9.48. The van der Waals surface area contributed by atoms with Crippen molar-refractivity contribution in [2.45, 2.75) is 57.3 Å². The van der Waals surface area contributed by atoms with Crippen molar-refractivity contribution in [1.29, 1.82) is 0 Å². The summed E-state index contributed by atoms with van der Waals surface area (Å²) in [7, 11) is 0. The number of hydrogen-bond acceptors (Lipinski definition) is 3. The lowest BCUT2D eigenvalue weighted by molar-refractivity contribution is -0.0543. The molecule has 0 bridgehead atoms. The van der Waals surface area contributed by atoms with Gasteiger partial charge in [0.1, 0.15) is 0 Å². The summed E-state index contributed by atoms with van der Waals surface area (Å²) in [6, 6.07) is 0.700. The van der Waals surface area contributed by atoms with Crippen molar-refractivity contribution in [3.05, 3.63) is 0 Å². The molecule has 0 spiro atoms. The standard InChI is InChI=1S/C12H23NO2/c1-2-12-9-13(7-8-15-12)10-3-5-11(14)6-4-10/h10-12,14H,2-9H2,1H3. The Labute approximate surface area is 92.4 Å². The minimum absolute atomic E-state index is 0.0377. The van der Waals surface area contributed by atoms with E-state index in [1.165, 1.54) is 0 Å². The van der Waals surface area contributed by atoms with Gasteiger partial charge in [-0.2, -0.15) is 0 Å². The second-order valence-corrected chi connectivity index (χ2v) is 4.86. The summed E-state index contributed by atoms with van der Waals surface area (Å²) < 4.78 is 5.68. The molecule has 1 saturated carbocycles. The van der Waals surface area contributed by atoms with E-state index < -0.39 is 0 Å². The molecular weight excluding hydrogens is 190 g/mol. The SMILES string of the molecule is CCC1CN(C2CCC(O)CC2)CCO1. The minimum atomic E-state index is -0.0377. The molecule has 0 aromatic rings. The molecule has 3 nitrogen and oxygen atoms in total. The molecule has 1 aliphatic heterocycles. The number of rotatable bonds is 2. The van der Waals surface area contributed by atoms with Gasteiger partial charge in [0.25, 0.3) is 0 Å². The molecule has 88 valence electrons. The zero-order valence-corrected chi connectivity index (χ0v) is 9.69. The van der Waals surface area contributed by atoms with Crippen molar-refractivity contribution >= 4 is 0 Å². The fourth-order valence-electron chi connectivity index (χ4n) is 2.74. The van der Waals surface area contributed by atoms with Crippen molar-refractivity contribution in [2.75, 3.05) is 19.7 Å². The Hall–Kier alpha value is -0.120. The van der Waals surface area contributed by atoms with E-state index in [1.54, 1.807) is 0 Å². The Bertz CT molecular complexity index is 190. The van der Waals surface area contributed by atoms with Crippen LogP contribution in [0.5, 0.6) is 0 Å². The molecule has 1 saturated heterocycles. The van der Waals surface area contributed by atoms with E-state index in [0.717, 1.165) is 51.8 Å². The normalized spacial score (nSPS) is 39.2. The number of nitrogens with zero attached hydrogens (tertiary/aromatic N) is 1. The summed E-state index contributed by atoms with van der Waals surface area (Å²) in [4.78, 5) is 2.57. The molecule has 0 aromatic carbocycles. The zero-order valence-electron chi connectivity index (χ0n) is 9.69. The molecule has 2 rings (SSSR count). The third kappa shape index (κ3) is 2.92. The van der Waals surface area contributed by atoms with E-state index >= 15 is 0 Å². The average Bonchev–Trinajstić information content (AvgIpc) is 2.30. The van der Waals surface area contributed by atoms with Crippen LogP contribution in [0.25, 0.3) is 0 Å². The fourth-order valence-corrected chi connectivity index (χ4v) is 2.74. The van der Waals surface area contributed by atoms with Gasteiger partial charge in [0.05, 0.1) is 18.8 Å². The smallest absolute Gasteiger partial charge is 0.0700 e. The number of hydrogen-bond donors (Lipinski definition) is 1. The van der Waals surface area contributed by atoms with E-state index in [4.69, 9.17) is 4.74 Å². The quantitative estimate of drug-likeness (QED) is 0.752. The van der Waals surface area contributed by atoms with Crippen LogP contribution in [0.15, 0.2) is 0 Å². The van der Waals surface area contributed by atoms with E-state index in [0.29, 0.717) is 12.1 Å². The van der Waals surface area contributed by atoms with Gasteiger partial charge in [0, 0.05) is 19.1 Å². The summed E-state index contributed by atoms with van der Waals surface area (Å²) in [5, 5.41) is 9.48. The fraction of sp³-hybridized carbons (Fsp3) is 1.00. The Morgan fingerprint density at radius 1 is 1.27 bits per heavy atom. The van der Waals surface area contributed by atoms with Crippen LogP contribution in [0.4, 0.5) is 0 Å². The van der Waals surface area contributed by atoms with Crippen LogP contribution in [0, 0.1) is 0 Å². The van der Waals surface area contributed by atoms with Crippen LogP contribution in [-0.4, -0.2) is 48.0 Å². The van der Waals surface area contributed by atoms with Gasteiger partial charge in [0.2, 0.25) is 0 Å². The maximum Gasteiger partial charge on any atom is 0.0700 e. The molecule has 2 fully saturated rings. The predicted octanol–water partition coefficient (Wildman–Crippen LogP) is 1.40. The third-order valence-electron chi connectivity index (χ3n) is 3.81. The molecule has 1 unspecified atom stereocenters. The van der Waals surface area contributed by atoms with Gasteiger partial charge < -0.3 is 9.84 Å². The molecule has 15 heavy (non-hydrogen) atoms. The largest absolute Gasteiger partial charge is 0.393 e. The second kappa shape index (κ2) is 5.28. The number of aliphatic hydroxyl groups excluding tert-OH is 1. The van der Waals surface area contributed by atoms with E-state index in [2.05, 4.69) is 11.8 Å². The predicted molar refractivity (Wildman–Crippen MR) is 59.9 cm³/mol. The molecule has 0 amide bonds. The summed E-state index contributed by atoms with van der Waals surface area (Å²) in [5.74, 6) is 0. The average molecular weight is 213 g/mol. The number of morpholine rings is 1. The zero-order chi connectivity index (χ0) is 10.7. The first-order valence-electron chi connectivity index (χ1n) is 6.33. The van der Waals surface area contributed by atoms with Crippen LogP contribution in [-0.2, 0) is 4.74 Å². The molecule has 2 aliphatic rings. The van der Waals surface area contributed by atoms with Gasteiger partial charge in [-0.25, -0.2) is 0 Å². The lowest BCUT2D eigenvalue weighted by Crippen LogP contribution is -2.48. The highest BCUT2D eigenvalue weighted by molar-refractivity contribution is 4.82. The highest BCUT2D eigenvalue weighted by atomic mass is 16.5. The maximum absolute atomic E-state index is 9.48. The van der Waals surface area contributed by atoms with Gasteiger partial charge >= 0.3 is 0 Å². The van der Waals surface area contributed by atoms with E-state index in [-0.39, 0.29) is 6.10 Å². The lowest BCUT2D eigenvalue weighted by atomic mass is 9.91. The van der Waals surface area contributed by atoms with Gasteiger partial charge in [-0.1, -0.05) is 6.92 Å². The lowest BCUT2D eigenvalue weighted by Gasteiger charge is -2.40. The van der Waals surface area contributed by atoms with Crippen molar-refractivity contribution in [2.24, 2.45) is 0 Å². The van der Waals surface area contributed by atoms with Gasteiger partial charge in [-0.15, -0.1) is 0 Å². The molecule has 0 radical (unpaired) electrons. The van der Waals surface area contributed by atoms with Gasteiger partial charge in [-0.05, 0) is 32.1 Å². The van der Waals surface area contributed by atoms with E-state index in [1.807, 2.05) is 0 Å². The van der Waals surface area contributed by atoms with Crippen LogP contribution < -0.4 is 0 Å². The van der Waals surface area contributed by atoms with Crippen molar-refractivity contribution in [3.63, 3.8) is 0 Å². The van der Waals surface area contributed by atoms with Gasteiger partial charge in [-0.3, -0.25) is 4.90 Å².